The highest BCUT2D eigenvalue weighted by atomic mass is 79.9. The Bertz CT molecular complexity index is 313. The summed E-state index contributed by atoms with van der Waals surface area (Å²) in [4.78, 5) is 0. The molecule has 0 saturated heterocycles. The lowest BCUT2D eigenvalue weighted by atomic mass is 10.2. The maximum Gasteiger partial charge on any atom is 0.197 e. The van der Waals surface area contributed by atoms with E-state index in [1.54, 1.807) is 0 Å². The van der Waals surface area contributed by atoms with Gasteiger partial charge in [0, 0.05) is 24.7 Å². The third-order valence-corrected chi connectivity index (χ3v) is 2.39. The number of aliphatic hydroxyl groups is 1. The number of hydrogen-bond donors (Lipinski definition) is 3. The van der Waals surface area contributed by atoms with Crippen molar-refractivity contribution in [2.45, 2.75) is 6.42 Å². The topological polar surface area (TPSA) is 61.4 Å². The zero-order chi connectivity index (χ0) is 12.4. The van der Waals surface area contributed by atoms with Crippen LogP contribution in [0.25, 0.3) is 0 Å². The zero-order valence-corrected chi connectivity index (χ0v) is 11.4. The van der Waals surface area contributed by atoms with Gasteiger partial charge < -0.3 is 15.7 Å². The average Bonchev–Trinajstić information content (AvgIpc) is 2.33. The molecule has 0 amide bonds. The second-order valence-electron chi connectivity index (χ2n) is 2.94. The fraction of sp³-hybridized carbons (Fsp3) is 0.400. The van der Waals surface area contributed by atoms with E-state index in [2.05, 4.69) is 39.1 Å². The number of halogens is 1. The smallest absolute Gasteiger partial charge is 0.197 e. The Labute approximate surface area is 109 Å². The second-order valence-corrected chi connectivity index (χ2v) is 3.86. The molecule has 16 heavy (non-hydrogen) atoms. The summed E-state index contributed by atoms with van der Waals surface area (Å²) in [7, 11) is 1.89. The summed E-state index contributed by atoms with van der Waals surface area (Å²) in [5, 5.41) is 15.0. The first-order chi connectivity index (χ1) is 7.77. The molecule has 0 spiro atoms. The van der Waals surface area contributed by atoms with E-state index in [1.807, 2.05) is 25.2 Å². The number of nitrogens with one attached hydrogen (secondary N) is 2. The molecule has 0 unspecified atom stereocenters. The van der Waals surface area contributed by atoms with E-state index >= 15 is 0 Å². The van der Waals surface area contributed by atoms with Gasteiger partial charge in [-0.3, -0.25) is 0 Å². The van der Waals surface area contributed by atoms with Crippen molar-refractivity contribution < 1.29 is 9.32 Å². The molecule has 90 valence electrons. The van der Waals surface area contributed by atoms with Crippen LogP contribution >= 0.6 is 15.9 Å². The van der Waals surface area contributed by atoms with Crippen LogP contribution in [0.5, 0.6) is 0 Å². The van der Waals surface area contributed by atoms with Crippen LogP contribution in [-0.2, 0) is 12.5 Å². The first-order valence-electron chi connectivity index (χ1n) is 4.76. The standard InChI is InChI=1S/C10H15BrN2O.OS/c1-12-10-7-8(11)3-4-9(10)13-5-2-6-14;1-2/h3-4,7,12-14H,2,5-6H2,1H3;. The third-order valence-electron chi connectivity index (χ3n) is 1.90. The van der Waals surface area contributed by atoms with Crippen molar-refractivity contribution in [3.05, 3.63) is 22.7 Å². The van der Waals surface area contributed by atoms with Crippen LogP contribution in [0.1, 0.15) is 6.42 Å². The number of benzene rings is 1. The van der Waals surface area contributed by atoms with Crippen LogP contribution in [0.2, 0.25) is 0 Å². The maximum atomic E-state index is 8.65. The Morgan fingerprint density at radius 1 is 1.38 bits per heavy atom. The van der Waals surface area contributed by atoms with Crippen molar-refractivity contribution in [2.75, 3.05) is 30.8 Å². The molecular weight excluding hydrogens is 292 g/mol. The molecule has 0 aliphatic rings. The minimum atomic E-state index is 0.221. The van der Waals surface area contributed by atoms with Crippen LogP contribution in [0.4, 0.5) is 11.4 Å². The molecule has 0 bridgehead atoms. The summed E-state index contributed by atoms with van der Waals surface area (Å²) in [5.74, 6) is 0. The SMILES string of the molecule is CNc1cc(Br)ccc1NCCCO.O=S. The Hall–Kier alpha value is -0.720. The van der Waals surface area contributed by atoms with Crippen molar-refractivity contribution >= 4 is 39.8 Å². The summed E-state index contributed by atoms with van der Waals surface area (Å²) >= 11 is 6.24. The van der Waals surface area contributed by atoms with Gasteiger partial charge in [0.05, 0.1) is 11.4 Å². The number of rotatable bonds is 5. The molecule has 0 radical (unpaired) electrons. The average molecular weight is 307 g/mol. The van der Waals surface area contributed by atoms with Crippen molar-refractivity contribution in [2.24, 2.45) is 0 Å². The molecule has 1 rings (SSSR count). The van der Waals surface area contributed by atoms with Gasteiger partial charge in [-0.2, -0.15) is 4.21 Å². The number of aliphatic hydroxyl groups excluding tert-OH is 1. The van der Waals surface area contributed by atoms with Crippen LogP contribution < -0.4 is 10.6 Å². The highest BCUT2D eigenvalue weighted by molar-refractivity contribution is 9.10. The minimum Gasteiger partial charge on any atom is -0.396 e. The molecule has 0 atom stereocenters. The largest absolute Gasteiger partial charge is 0.396 e. The van der Waals surface area contributed by atoms with Crippen molar-refractivity contribution in [1.29, 1.82) is 0 Å². The molecule has 1 aromatic rings. The summed E-state index contributed by atoms with van der Waals surface area (Å²) in [6.07, 6.45) is 0.763. The van der Waals surface area contributed by atoms with Crippen LogP contribution in [-0.4, -0.2) is 29.5 Å². The predicted octanol–water partition coefficient (Wildman–Crippen LogP) is 1.95. The molecule has 0 heterocycles. The van der Waals surface area contributed by atoms with E-state index in [0.29, 0.717) is 0 Å². The monoisotopic (exact) mass is 306 g/mol. The Morgan fingerprint density at radius 2 is 2.06 bits per heavy atom. The Kier molecular flexibility index (Phi) is 9.07. The fourth-order valence-corrected chi connectivity index (χ4v) is 1.54. The third kappa shape index (κ3) is 5.39. The summed E-state index contributed by atoms with van der Waals surface area (Å²) in [5.41, 5.74) is 2.11. The quantitative estimate of drug-likeness (QED) is 0.726. The molecule has 4 nitrogen and oxygen atoms in total. The van der Waals surface area contributed by atoms with Gasteiger partial charge in [0.25, 0.3) is 0 Å². The molecule has 0 aromatic heterocycles. The maximum absolute atomic E-state index is 8.65. The molecule has 3 N–H and O–H groups in total. The summed E-state index contributed by atoms with van der Waals surface area (Å²) < 4.78 is 8.88. The van der Waals surface area contributed by atoms with Gasteiger partial charge in [-0.1, -0.05) is 15.9 Å². The van der Waals surface area contributed by atoms with Crippen LogP contribution in [0.3, 0.4) is 0 Å². The lowest BCUT2D eigenvalue weighted by molar-refractivity contribution is 0.292. The zero-order valence-electron chi connectivity index (χ0n) is 9.00. The normalized spacial score (nSPS) is 8.94. The number of hydrogen-bond acceptors (Lipinski definition) is 5. The molecule has 0 saturated carbocycles. The molecule has 1 aromatic carbocycles. The molecule has 0 fully saturated rings. The van der Waals surface area contributed by atoms with Crippen LogP contribution in [0.15, 0.2) is 22.7 Å². The van der Waals surface area contributed by atoms with Gasteiger partial charge in [-0.05, 0) is 24.6 Å². The minimum absolute atomic E-state index is 0.221. The summed E-state index contributed by atoms with van der Waals surface area (Å²) in [6, 6.07) is 6.01. The second kappa shape index (κ2) is 9.50. The highest BCUT2D eigenvalue weighted by Crippen LogP contribution is 2.25. The van der Waals surface area contributed by atoms with E-state index in [4.69, 9.17) is 9.32 Å². The van der Waals surface area contributed by atoms with E-state index < -0.39 is 0 Å². The van der Waals surface area contributed by atoms with Crippen molar-refractivity contribution in [3.63, 3.8) is 0 Å². The van der Waals surface area contributed by atoms with Crippen molar-refractivity contribution in [1.82, 2.24) is 0 Å². The highest BCUT2D eigenvalue weighted by Gasteiger charge is 1.99. The Morgan fingerprint density at radius 3 is 2.62 bits per heavy atom. The van der Waals surface area contributed by atoms with Gasteiger partial charge in [0.2, 0.25) is 0 Å². The van der Waals surface area contributed by atoms with Gasteiger partial charge in [0.15, 0.2) is 12.5 Å². The van der Waals surface area contributed by atoms with Gasteiger partial charge in [-0.25, -0.2) is 0 Å². The predicted molar refractivity (Wildman–Crippen MR) is 72.0 cm³/mol. The van der Waals surface area contributed by atoms with E-state index in [-0.39, 0.29) is 6.61 Å². The lowest BCUT2D eigenvalue weighted by Gasteiger charge is -2.11. The van der Waals surface area contributed by atoms with Gasteiger partial charge in [-0.15, -0.1) is 0 Å². The summed E-state index contributed by atoms with van der Waals surface area (Å²) in [6.45, 7) is 1.01. The fourth-order valence-electron chi connectivity index (χ4n) is 1.18. The first kappa shape index (κ1) is 15.3. The van der Waals surface area contributed by atoms with E-state index in [1.165, 1.54) is 0 Å². The van der Waals surface area contributed by atoms with Crippen LogP contribution in [0, 0.1) is 0 Å². The molecule has 0 aliphatic carbocycles. The molecule has 0 aliphatic heterocycles. The number of anilines is 2. The first-order valence-corrected chi connectivity index (χ1v) is 5.89. The lowest BCUT2D eigenvalue weighted by Crippen LogP contribution is -2.05. The molecule has 6 heteroatoms. The van der Waals surface area contributed by atoms with Gasteiger partial charge in [0.1, 0.15) is 0 Å². The van der Waals surface area contributed by atoms with E-state index in [0.717, 1.165) is 28.8 Å². The van der Waals surface area contributed by atoms with Crippen molar-refractivity contribution in [3.8, 4) is 0 Å². The van der Waals surface area contributed by atoms with E-state index in [9.17, 15) is 0 Å². The Balaban J connectivity index is 0.00000106. The van der Waals surface area contributed by atoms with Gasteiger partial charge >= 0.3 is 0 Å². The molecular formula is C10H15BrN2O2S.